The van der Waals surface area contributed by atoms with E-state index >= 15 is 0 Å². The molecule has 0 bridgehead atoms. The molecule has 0 fully saturated rings. The van der Waals surface area contributed by atoms with E-state index in [1.807, 2.05) is 0 Å². The van der Waals surface area contributed by atoms with Crippen molar-refractivity contribution in [2.75, 3.05) is 0 Å². The van der Waals surface area contributed by atoms with E-state index in [1.165, 1.54) is 15.3 Å². The van der Waals surface area contributed by atoms with Gasteiger partial charge in [-0.1, -0.05) is 17.3 Å². The summed E-state index contributed by atoms with van der Waals surface area (Å²) in [6.07, 6.45) is 6.88. The molecule has 0 saturated carbocycles. The number of halogens is 2. The SMILES string of the molecule is C#CCn1c(=NC(=O)c2c(C)cnn2C)sc2cc(F)cc(F)c21. The summed E-state index contributed by atoms with van der Waals surface area (Å²) in [4.78, 5) is 16.7. The molecule has 0 saturated heterocycles. The van der Waals surface area contributed by atoms with Crippen LogP contribution in [0.5, 0.6) is 0 Å². The topological polar surface area (TPSA) is 52.2 Å². The number of amides is 1. The number of hydrogen-bond donors (Lipinski definition) is 0. The lowest BCUT2D eigenvalue weighted by atomic mass is 10.3. The molecule has 0 N–H and O–H groups in total. The summed E-state index contributed by atoms with van der Waals surface area (Å²) in [5.74, 6) is 0.426. The first kappa shape index (κ1) is 16.1. The van der Waals surface area contributed by atoms with Gasteiger partial charge in [0.25, 0.3) is 5.91 Å². The Morgan fingerprint density at radius 2 is 2.21 bits per heavy atom. The van der Waals surface area contributed by atoms with Gasteiger partial charge in [0.05, 0.1) is 23.0 Å². The number of hydrogen-bond acceptors (Lipinski definition) is 3. The Labute approximate surface area is 139 Å². The summed E-state index contributed by atoms with van der Waals surface area (Å²) in [5, 5.41) is 4.00. The molecule has 0 radical (unpaired) electrons. The maximum absolute atomic E-state index is 14.1. The van der Waals surface area contributed by atoms with Crippen LogP contribution in [0.3, 0.4) is 0 Å². The van der Waals surface area contributed by atoms with Gasteiger partial charge in [0.2, 0.25) is 0 Å². The van der Waals surface area contributed by atoms with Crippen LogP contribution in [0.25, 0.3) is 10.2 Å². The predicted molar refractivity (Wildman–Crippen MR) is 86.4 cm³/mol. The third-order valence-electron chi connectivity index (χ3n) is 3.47. The van der Waals surface area contributed by atoms with Gasteiger partial charge in [-0.15, -0.1) is 6.42 Å². The van der Waals surface area contributed by atoms with Crippen molar-refractivity contribution in [3.05, 3.63) is 46.0 Å². The van der Waals surface area contributed by atoms with Crippen molar-refractivity contribution in [1.29, 1.82) is 0 Å². The van der Waals surface area contributed by atoms with E-state index in [1.54, 1.807) is 20.2 Å². The lowest BCUT2D eigenvalue weighted by Crippen LogP contribution is -2.18. The zero-order valence-electron chi connectivity index (χ0n) is 12.9. The molecule has 5 nitrogen and oxygen atoms in total. The minimum Gasteiger partial charge on any atom is -0.302 e. The highest BCUT2D eigenvalue weighted by Gasteiger charge is 2.16. The van der Waals surface area contributed by atoms with Crippen LogP contribution in [0, 0.1) is 30.9 Å². The number of carbonyl (C=O) groups excluding carboxylic acids is 1. The number of terminal acetylenes is 1. The van der Waals surface area contributed by atoms with Gasteiger partial charge in [0.1, 0.15) is 11.5 Å². The molecule has 8 heteroatoms. The van der Waals surface area contributed by atoms with Crippen molar-refractivity contribution in [3.63, 3.8) is 0 Å². The average Bonchev–Trinajstić information content (AvgIpc) is 3.00. The van der Waals surface area contributed by atoms with E-state index in [2.05, 4.69) is 16.0 Å². The van der Waals surface area contributed by atoms with Gasteiger partial charge < -0.3 is 4.57 Å². The molecule has 24 heavy (non-hydrogen) atoms. The van der Waals surface area contributed by atoms with E-state index in [-0.39, 0.29) is 16.9 Å². The Hall–Kier alpha value is -2.79. The molecule has 0 aliphatic heterocycles. The van der Waals surface area contributed by atoms with Crippen molar-refractivity contribution in [2.45, 2.75) is 13.5 Å². The average molecular weight is 346 g/mol. The predicted octanol–water partition coefficient (Wildman–Crippen LogP) is 2.40. The zero-order valence-corrected chi connectivity index (χ0v) is 13.7. The molecular weight excluding hydrogens is 334 g/mol. The summed E-state index contributed by atoms with van der Waals surface area (Å²) in [7, 11) is 1.63. The van der Waals surface area contributed by atoms with Crippen LogP contribution >= 0.6 is 11.3 Å². The summed E-state index contributed by atoms with van der Waals surface area (Å²) >= 11 is 1.000. The second kappa shape index (κ2) is 6.02. The second-order valence-electron chi connectivity index (χ2n) is 5.13. The van der Waals surface area contributed by atoms with Crippen LogP contribution in [0.15, 0.2) is 23.3 Å². The first-order chi connectivity index (χ1) is 11.4. The molecule has 2 heterocycles. The van der Waals surface area contributed by atoms with Crippen LogP contribution in [0.2, 0.25) is 0 Å². The Balaban J connectivity index is 2.26. The minimum atomic E-state index is -0.748. The van der Waals surface area contributed by atoms with E-state index in [4.69, 9.17) is 6.42 Å². The molecule has 3 rings (SSSR count). The highest BCUT2D eigenvalue weighted by Crippen LogP contribution is 2.22. The molecule has 2 aromatic heterocycles. The molecule has 3 aromatic rings. The van der Waals surface area contributed by atoms with Crippen LogP contribution in [0.4, 0.5) is 8.78 Å². The fraction of sp³-hybridized carbons (Fsp3) is 0.188. The number of fused-ring (bicyclic) bond motifs is 1. The Bertz CT molecular complexity index is 1050. The maximum Gasteiger partial charge on any atom is 0.298 e. The quantitative estimate of drug-likeness (QED) is 0.669. The lowest BCUT2D eigenvalue weighted by molar-refractivity contribution is 0.0988. The molecule has 0 aliphatic rings. The molecule has 1 amide bonds. The number of rotatable bonds is 2. The van der Waals surface area contributed by atoms with Crippen LogP contribution in [0.1, 0.15) is 16.1 Å². The number of carbonyl (C=O) groups is 1. The molecule has 0 aliphatic carbocycles. The summed E-state index contributed by atoms with van der Waals surface area (Å²) in [5.41, 5.74) is 1.13. The Morgan fingerprint density at radius 3 is 2.83 bits per heavy atom. The number of aromatic nitrogens is 3. The second-order valence-corrected chi connectivity index (χ2v) is 6.14. The third kappa shape index (κ3) is 2.63. The highest BCUT2D eigenvalue weighted by atomic mass is 32.1. The Morgan fingerprint density at radius 1 is 1.46 bits per heavy atom. The molecule has 0 atom stereocenters. The number of nitrogens with zero attached hydrogens (tertiary/aromatic N) is 4. The van der Waals surface area contributed by atoms with Crippen molar-refractivity contribution in [3.8, 4) is 12.3 Å². The van der Waals surface area contributed by atoms with Gasteiger partial charge in [-0.2, -0.15) is 10.1 Å². The zero-order chi connectivity index (χ0) is 17.4. The van der Waals surface area contributed by atoms with Crippen molar-refractivity contribution < 1.29 is 13.6 Å². The molecular formula is C16H12F2N4OS. The van der Waals surface area contributed by atoms with Gasteiger partial charge in [0, 0.05) is 18.7 Å². The number of thiazole rings is 1. The third-order valence-corrected chi connectivity index (χ3v) is 4.49. The maximum atomic E-state index is 14.1. The monoisotopic (exact) mass is 346 g/mol. The molecule has 122 valence electrons. The normalized spacial score (nSPS) is 11.9. The fourth-order valence-corrected chi connectivity index (χ4v) is 3.51. The van der Waals surface area contributed by atoms with Gasteiger partial charge in [-0.3, -0.25) is 9.48 Å². The van der Waals surface area contributed by atoms with Gasteiger partial charge in [-0.05, 0) is 13.0 Å². The van der Waals surface area contributed by atoms with E-state index in [0.29, 0.717) is 16.0 Å². The van der Waals surface area contributed by atoms with Gasteiger partial charge in [0.15, 0.2) is 10.6 Å². The standard InChI is InChI=1S/C16H12F2N4OS/c1-4-5-22-14-11(18)6-10(17)7-12(14)24-16(22)20-15(23)13-9(2)8-19-21(13)3/h1,6-8H,5H2,2-3H3. The highest BCUT2D eigenvalue weighted by molar-refractivity contribution is 7.16. The fourth-order valence-electron chi connectivity index (χ4n) is 2.45. The van der Waals surface area contributed by atoms with Gasteiger partial charge in [-0.25, -0.2) is 8.78 Å². The number of aryl methyl sites for hydroxylation is 2. The smallest absolute Gasteiger partial charge is 0.298 e. The van der Waals surface area contributed by atoms with Crippen LogP contribution < -0.4 is 4.80 Å². The summed E-state index contributed by atoms with van der Waals surface area (Å²) in [6, 6.07) is 1.97. The van der Waals surface area contributed by atoms with E-state index in [0.717, 1.165) is 17.4 Å². The van der Waals surface area contributed by atoms with E-state index in [9.17, 15) is 13.6 Å². The first-order valence-corrected chi connectivity index (χ1v) is 7.73. The molecule has 1 aromatic carbocycles. The largest absolute Gasteiger partial charge is 0.302 e. The van der Waals surface area contributed by atoms with Crippen molar-refractivity contribution >= 4 is 27.5 Å². The molecule has 0 spiro atoms. The molecule has 0 unspecified atom stereocenters. The van der Waals surface area contributed by atoms with Crippen LogP contribution in [-0.2, 0) is 13.6 Å². The Kier molecular flexibility index (Phi) is 4.03. The number of benzene rings is 1. The van der Waals surface area contributed by atoms with Crippen molar-refractivity contribution in [2.24, 2.45) is 12.0 Å². The van der Waals surface area contributed by atoms with E-state index < -0.39 is 17.5 Å². The summed E-state index contributed by atoms with van der Waals surface area (Å²) < 4.78 is 30.7. The summed E-state index contributed by atoms with van der Waals surface area (Å²) in [6.45, 7) is 1.75. The van der Waals surface area contributed by atoms with Crippen molar-refractivity contribution in [1.82, 2.24) is 14.3 Å². The lowest BCUT2D eigenvalue weighted by Gasteiger charge is -2.01. The van der Waals surface area contributed by atoms with Crippen LogP contribution in [-0.4, -0.2) is 20.3 Å². The minimum absolute atomic E-state index is 0.0129. The van der Waals surface area contributed by atoms with Gasteiger partial charge >= 0.3 is 0 Å². The first-order valence-electron chi connectivity index (χ1n) is 6.92.